The van der Waals surface area contributed by atoms with Gasteiger partial charge in [0.05, 0.1) is 24.2 Å². The molecule has 0 radical (unpaired) electrons. The van der Waals surface area contributed by atoms with E-state index < -0.39 is 26.4 Å². The van der Waals surface area contributed by atoms with Crippen molar-refractivity contribution in [3.05, 3.63) is 54.1 Å². The Balaban J connectivity index is 1.78. The van der Waals surface area contributed by atoms with E-state index in [0.29, 0.717) is 6.54 Å². The summed E-state index contributed by atoms with van der Waals surface area (Å²) in [6.45, 7) is 0.737. The zero-order chi connectivity index (χ0) is 22.4. The van der Waals surface area contributed by atoms with Crippen LogP contribution in [0.3, 0.4) is 0 Å². The molecule has 1 amide bonds. The van der Waals surface area contributed by atoms with Crippen LogP contribution in [0.5, 0.6) is 5.75 Å². The van der Waals surface area contributed by atoms with Crippen LogP contribution in [0.4, 0.5) is 14.5 Å². The number of anilines is 1. The van der Waals surface area contributed by atoms with Crippen LogP contribution in [0.2, 0.25) is 0 Å². The zero-order valence-electron chi connectivity index (χ0n) is 17.3. The molecule has 0 aromatic heterocycles. The Labute approximate surface area is 181 Å². The average Bonchev–Trinajstić information content (AvgIpc) is 2.99. The van der Waals surface area contributed by atoms with Gasteiger partial charge in [-0.3, -0.25) is 9.69 Å². The van der Waals surface area contributed by atoms with Gasteiger partial charge in [-0.25, -0.2) is 8.42 Å². The van der Waals surface area contributed by atoms with Crippen LogP contribution in [0, 0.1) is 0 Å². The highest BCUT2D eigenvalue weighted by molar-refractivity contribution is 7.91. The normalized spacial score (nSPS) is 17.9. The van der Waals surface area contributed by atoms with Gasteiger partial charge >= 0.3 is 5.76 Å². The van der Waals surface area contributed by atoms with E-state index in [1.807, 2.05) is 29.2 Å². The van der Waals surface area contributed by atoms with Gasteiger partial charge in [-0.1, -0.05) is 37.1 Å². The molecule has 1 aliphatic rings. The number of alkyl halides is 2. The smallest absolute Gasteiger partial charge is 0.341 e. The lowest BCUT2D eigenvalue weighted by Gasteiger charge is -2.30. The van der Waals surface area contributed by atoms with E-state index in [1.165, 1.54) is 18.2 Å². The number of benzene rings is 2. The molecule has 1 N–H and O–H groups in total. The molecular weight excluding hydrogens is 426 g/mol. The molecule has 0 unspecified atom stereocenters. The number of methoxy groups -OCH3 is 1. The molecule has 1 saturated heterocycles. The number of carbonyl (C=O) groups is 1. The number of carbonyl (C=O) groups excluding carboxylic acids is 1. The van der Waals surface area contributed by atoms with Crippen molar-refractivity contribution in [2.45, 2.75) is 42.4 Å². The molecule has 1 fully saturated rings. The quantitative estimate of drug-likeness (QED) is 0.680. The van der Waals surface area contributed by atoms with Crippen LogP contribution in [-0.2, 0) is 14.6 Å². The van der Waals surface area contributed by atoms with Gasteiger partial charge < -0.3 is 10.1 Å². The molecule has 9 heteroatoms. The number of nitrogens with zero attached hydrogens (tertiary/aromatic N) is 1. The van der Waals surface area contributed by atoms with Crippen LogP contribution in [0.15, 0.2) is 53.4 Å². The Morgan fingerprint density at radius 1 is 1.13 bits per heavy atom. The van der Waals surface area contributed by atoms with Gasteiger partial charge in [-0.15, -0.1) is 0 Å². The fourth-order valence-electron chi connectivity index (χ4n) is 3.85. The summed E-state index contributed by atoms with van der Waals surface area (Å²) in [5.74, 6) is -3.26. The van der Waals surface area contributed by atoms with Crippen LogP contribution >= 0.6 is 0 Å². The Hall–Kier alpha value is -2.52. The number of nitrogens with one attached hydrogen (secondary N) is 1. The molecule has 3 rings (SSSR count). The van der Waals surface area contributed by atoms with Crippen molar-refractivity contribution in [3.8, 4) is 5.75 Å². The third-order valence-electron chi connectivity index (χ3n) is 5.41. The second-order valence-corrected chi connectivity index (χ2v) is 9.34. The number of sulfone groups is 1. The van der Waals surface area contributed by atoms with E-state index in [4.69, 9.17) is 4.74 Å². The van der Waals surface area contributed by atoms with Crippen molar-refractivity contribution in [2.75, 3.05) is 25.5 Å². The maximum atomic E-state index is 13.0. The number of para-hydroxylation sites is 1. The number of hydrogen-bond acceptors (Lipinski definition) is 5. The molecule has 1 aliphatic heterocycles. The number of amides is 1. The SMILES string of the molecule is COc1ccc([C@@H]2CCCCCN2CC(=O)Nc2ccccc2S(=O)(=O)C(F)F)cc1. The minimum atomic E-state index is -4.83. The molecule has 31 heavy (non-hydrogen) atoms. The summed E-state index contributed by atoms with van der Waals surface area (Å²) in [4.78, 5) is 14.2. The molecule has 2 aromatic rings. The maximum absolute atomic E-state index is 13.0. The fourth-order valence-corrected chi connectivity index (χ4v) is 4.73. The van der Waals surface area contributed by atoms with Gasteiger partial charge in [0, 0.05) is 6.04 Å². The van der Waals surface area contributed by atoms with Crippen molar-refractivity contribution in [3.63, 3.8) is 0 Å². The van der Waals surface area contributed by atoms with Crippen LogP contribution in [0.25, 0.3) is 0 Å². The number of hydrogen-bond donors (Lipinski definition) is 1. The lowest BCUT2D eigenvalue weighted by Crippen LogP contribution is -2.36. The maximum Gasteiger partial charge on any atom is 0.341 e. The van der Waals surface area contributed by atoms with Gasteiger partial charge in [0.15, 0.2) is 0 Å². The van der Waals surface area contributed by atoms with E-state index in [-0.39, 0.29) is 18.3 Å². The second kappa shape index (κ2) is 10.2. The number of ether oxygens (including phenoxy) is 1. The third-order valence-corrected chi connectivity index (χ3v) is 6.85. The molecule has 2 aromatic carbocycles. The summed E-state index contributed by atoms with van der Waals surface area (Å²) >= 11 is 0. The largest absolute Gasteiger partial charge is 0.497 e. The van der Waals surface area contributed by atoms with E-state index in [2.05, 4.69) is 5.32 Å². The Bertz CT molecular complexity index is 997. The van der Waals surface area contributed by atoms with Gasteiger partial charge in [0.1, 0.15) is 5.75 Å². The van der Waals surface area contributed by atoms with Crippen LogP contribution in [0.1, 0.15) is 37.3 Å². The molecular formula is C22H26F2N2O4S. The minimum absolute atomic E-state index is 0.0270. The summed E-state index contributed by atoms with van der Waals surface area (Å²) in [6, 6.07) is 13.0. The van der Waals surface area contributed by atoms with Crippen molar-refractivity contribution < 1.29 is 26.7 Å². The standard InChI is InChI=1S/C22H26F2N2O4S/c1-30-17-12-10-16(11-13-17)19-8-3-2-6-14-26(19)15-21(27)25-18-7-4-5-9-20(18)31(28,29)22(23)24/h4-5,7,9-13,19,22H,2-3,6,8,14-15H2,1H3,(H,25,27)/t19-/m0/s1. The van der Waals surface area contributed by atoms with Crippen molar-refractivity contribution >= 4 is 21.4 Å². The monoisotopic (exact) mass is 452 g/mol. The molecule has 168 valence electrons. The highest BCUT2D eigenvalue weighted by atomic mass is 32.2. The van der Waals surface area contributed by atoms with Crippen LogP contribution < -0.4 is 10.1 Å². The summed E-state index contributed by atoms with van der Waals surface area (Å²) in [6.07, 6.45) is 3.91. The van der Waals surface area contributed by atoms with E-state index >= 15 is 0 Å². The molecule has 0 bridgehead atoms. The first-order chi connectivity index (χ1) is 14.8. The fraction of sp³-hybridized carbons (Fsp3) is 0.409. The van der Waals surface area contributed by atoms with E-state index in [1.54, 1.807) is 7.11 Å². The summed E-state index contributed by atoms with van der Waals surface area (Å²) < 4.78 is 55.1. The Morgan fingerprint density at radius 2 is 1.84 bits per heavy atom. The first-order valence-corrected chi connectivity index (χ1v) is 11.7. The minimum Gasteiger partial charge on any atom is -0.497 e. The first kappa shape index (κ1) is 23.1. The molecule has 0 saturated carbocycles. The molecule has 0 aliphatic carbocycles. The van der Waals surface area contributed by atoms with E-state index in [9.17, 15) is 22.0 Å². The van der Waals surface area contributed by atoms with Crippen molar-refractivity contribution in [1.29, 1.82) is 0 Å². The Kier molecular flexibility index (Phi) is 7.61. The highest BCUT2D eigenvalue weighted by Gasteiger charge is 2.30. The zero-order valence-corrected chi connectivity index (χ0v) is 18.1. The second-order valence-electron chi connectivity index (χ2n) is 7.46. The molecule has 0 spiro atoms. The molecule has 6 nitrogen and oxygen atoms in total. The lowest BCUT2D eigenvalue weighted by molar-refractivity contribution is -0.117. The molecule has 1 atom stereocenters. The van der Waals surface area contributed by atoms with Gasteiger partial charge in [-0.2, -0.15) is 8.78 Å². The van der Waals surface area contributed by atoms with Crippen LogP contribution in [-0.4, -0.2) is 45.2 Å². The third kappa shape index (κ3) is 5.59. The van der Waals surface area contributed by atoms with E-state index in [0.717, 1.165) is 43.1 Å². The summed E-state index contributed by atoms with van der Waals surface area (Å²) in [7, 11) is -3.23. The predicted octanol–water partition coefficient (Wildman–Crippen LogP) is 4.25. The highest BCUT2D eigenvalue weighted by Crippen LogP contribution is 2.31. The summed E-state index contributed by atoms with van der Waals surface area (Å²) in [5, 5.41) is 2.52. The topological polar surface area (TPSA) is 75.7 Å². The number of rotatable bonds is 7. The summed E-state index contributed by atoms with van der Waals surface area (Å²) in [5.41, 5.74) is 0.930. The predicted molar refractivity (Wildman–Crippen MR) is 114 cm³/mol. The van der Waals surface area contributed by atoms with Gasteiger partial charge in [-0.05, 0) is 49.2 Å². The average molecular weight is 453 g/mol. The Morgan fingerprint density at radius 3 is 2.52 bits per heavy atom. The van der Waals surface area contributed by atoms with Crippen molar-refractivity contribution in [1.82, 2.24) is 4.90 Å². The first-order valence-electron chi connectivity index (χ1n) is 10.1. The lowest BCUT2D eigenvalue weighted by atomic mass is 10.0. The van der Waals surface area contributed by atoms with Gasteiger partial charge in [0.2, 0.25) is 15.7 Å². The molecule has 1 heterocycles. The van der Waals surface area contributed by atoms with Gasteiger partial charge in [0.25, 0.3) is 0 Å². The number of halogens is 2. The van der Waals surface area contributed by atoms with Crippen molar-refractivity contribution in [2.24, 2.45) is 0 Å². The number of likely N-dealkylation sites (tertiary alicyclic amines) is 1.